The lowest BCUT2D eigenvalue weighted by Crippen LogP contribution is -2.41. The molecule has 1 atom stereocenters. The summed E-state index contributed by atoms with van der Waals surface area (Å²) in [6.07, 6.45) is 4.36. The predicted octanol–water partition coefficient (Wildman–Crippen LogP) is 3.89. The highest BCUT2D eigenvalue weighted by Crippen LogP contribution is 2.27. The predicted molar refractivity (Wildman–Crippen MR) is 106 cm³/mol. The van der Waals surface area contributed by atoms with Crippen molar-refractivity contribution in [2.24, 2.45) is 0 Å². The van der Waals surface area contributed by atoms with Crippen LogP contribution in [-0.2, 0) is 13.0 Å². The Morgan fingerprint density at radius 2 is 1.79 bits per heavy atom. The molecule has 0 saturated heterocycles. The number of nitrogens with one attached hydrogen (secondary N) is 1. The summed E-state index contributed by atoms with van der Waals surface area (Å²) in [5.41, 5.74) is 2.97. The Morgan fingerprint density at radius 1 is 1.03 bits per heavy atom. The molecule has 0 fully saturated rings. The highest BCUT2D eigenvalue weighted by atomic mass is 19.1. The van der Waals surface area contributed by atoms with E-state index in [1.165, 1.54) is 17.2 Å². The van der Waals surface area contributed by atoms with E-state index in [0.717, 1.165) is 37.2 Å². The van der Waals surface area contributed by atoms with Gasteiger partial charge >= 0.3 is 0 Å². The van der Waals surface area contributed by atoms with E-state index in [2.05, 4.69) is 27.3 Å². The van der Waals surface area contributed by atoms with Gasteiger partial charge in [0.15, 0.2) is 0 Å². The minimum Gasteiger partial charge on any atom is -0.350 e. The summed E-state index contributed by atoms with van der Waals surface area (Å²) in [7, 11) is 0. The fourth-order valence-corrected chi connectivity index (χ4v) is 3.81. The second-order valence-corrected chi connectivity index (χ2v) is 7.10. The Hall–Kier alpha value is -3.12. The summed E-state index contributed by atoms with van der Waals surface area (Å²) in [5.74, 6) is -2.49. The van der Waals surface area contributed by atoms with Crippen LogP contribution in [0.15, 0.2) is 67.0 Å². The zero-order chi connectivity index (χ0) is 20.2. The zero-order valence-electron chi connectivity index (χ0n) is 15.8. The maximum absolute atomic E-state index is 13.9. The van der Waals surface area contributed by atoms with Gasteiger partial charge in [0.25, 0.3) is 5.91 Å². The van der Waals surface area contributed by atoms with E-state index in [9.17, 15) is 13.6 Å². The van der Waals surface area contributed by atoms with Crippen molar-refractivity contribution in [3.05, 3.63) is 101 Å². The summed E-state index contributed by atoms with van der Waals surface area (Å²) in [6.45, 7) is 1.78. The van der Waals surface area contributed by atoms with E-state index in [4.69, 9.17) is 0 Å². The summed E-state index contributed by atoms with van der Waals surface area (Å²) in [6, 6.07) is 15.3. The number of halogens is 2. The van der Waals surface area contributed by atoms with Gasteiger partial charge in [-0.15, -0.1) is 0 Å². The standard InChI is InChI=1S/C23H21F2N3O/c24-19-8-3-9-20(25)22(19)23(29)27-14-21(17-7-4-11-26-13-17)28-12-10-16-5-1-2-6-18(16)15-28/h1-9,11,13,21H,10,12,14-15H2,(H,27,29)/t21-/m0/s1. The Balaban J connectivity index is 1.55. The molecule has 1 amide bonds. The number of carbonyl (C=O) groups excluding carboxylic acids is 1. The minimum absolute atomic E-state index is 0.157. The van der Waals surface area contributed by atoms with Crippen LogP contribution >= 0.6 is 0 Å². The normalized spacial score (nSPS) is 14.8. The van der Waals surface area contributed by atoms with Crippen molar-refractivity contribution in [1.82, 2.24) is 15.2 Å². The Kier molecular flexibility index (Phi) is 5.62. The first-order valence-corrected chi connectivity index (χ1v) is 9.56. The van der Waals surface area contributed by atoms with Crippen LogP contribution in [0, 0.1) is 11.6 Å². The Morgan fingerprint density at radius 3 is 2.52 bits per heavy atom. The SMILES string of the molecule is O=C(NC[C@@H](c1cccnc1)N1CCc2ccccc2C1)c1c(F)cccc1F. The first-order chi connectivity index (χ1) is 14.1. The first-order valence-electron chi connectivity index (χ1n) is 9.56. The summed E-state index contributed by atoms with van der Waals surface area (Å²) >= 11 is 0. The molecular weight excluding hydrogens is 372 g/mol. The molecule has 0 spiro atoms. The third-order valence-electron chi connectivity index (χ3n) is 5.32. The van der Waals surface area contributed by atoms with Gasteiger partial charge in [-0.1, -0.05) is 36.4 Å². The number of fused-ring (bicyclic) bond motifs is 1. The number of carbonyl (C=O) groups is 1. The largest absolute Gasteiger partial charge is 0.350 e. The lowest BCUT2D eigenvalue weighted by molar-refractivity contribution is 0.0919. The number of aromatic nitrogens is 1. The van der Waals surface area contributed by atoms with Crippen LogP contribution in [0.2, 0.25) is 0 Å². The molecule has 6 heteroatoms. The van der Waals surface area contributed by atoms with Gasteiger partial charge in [0, 0.05) is 32.0 Å². The molecule has 148 valence electrons. The fourth-order valence-electron chi connectivity index (χ4n) is 3.81. The molecular formula is C23H21F2N3O. The molecule has 0 aliphatic carbocycles. The number of pyridine rings is 1. The summed E-state index contributed by atoms with van der Waals surface area (Å²) in [4.78, 5) is 18.9. The molecule has 4 nitrogen and oxygen atoms in total. The molecule has 1 aliphatic heterocycles. The fraction of sp³-hybridized carbons (Fsp3) is 0.217. The van der Waals surface area contributed by atoms with Gasteiger partial charge in [-0.05, 0) is 41.3 Å². The molecule has 29 heavy (non-hydrogen) atoms. The maximum Gasteiger partial charge on any atom is 0.257 e. The lowest BCUT2D eigenvalue weighted by Gasteiger charge is -2.36. The van der Waals surface area contributed by atoms with E-state index in [-0.39, 0.29) is 12.6 Å². The van der Waals surface area contributed by atoms with Crippen molar-refractivity contribution in [2.75, 3.05) is 13.1 Å². The van der Waals surface area contributed by atoms with Crippen LogP contribution in [0.3, 0.4) is 0 Å². The van der Waals surface area contributed by atoms with E-state index in [1.54, 1.807) is 12.4 Å². The topological polar surface area (TPSA) is 45.2 Å². The van der Waals surface area contributed by atoms with Crippen molar-refractivity contribution in [2.45, 2.75) is 19.0 Å². The van der Waals surface area contributed by atoms with Gasteiger partial charge < -0.3 is 5.32 Å². The minimum atomic E-state index is -0.868. The molecule has 0 saturated carbocycles. The van der Waals surface area contributed by atoms with Gasteiger partial charge in [-0.2, -0.15) is 0 Å². The van der Waals surface area contributed by atoms with Crippen LogP contribution in [0.1, 0.15) is 33.1 Å². The van der Waals surface area contributed by atoms with Crippen LogP contribution in [-0.4, -0.2) is 28.9 Å². The molecule has 1 N–H and O–H groups in total. The van der Waals surface area contributed by atoms with E-state index in [1.807, 2.05) is 24.3 Å². The first kappa shape index (κ1) is 19.2. The maximum atomic E-state index is 13.9. The van der Waals surface area contributed by atoms with E-state index in [0.29, 0.717) is 0 Å². The van der Waals surface area contributed by atoms with Gasteiger partial charge in [0.05, 0.1) is 6.04 Å². The van der Waals surface area contributed by atoms with Gasteiger partial charge in [-0.3, -0.25) is 14.7 Å². The van der Waals surface area contributed by atoms with Crippen molar-refractivity contribution in [3.63, 3.8) is 0 Å². The number of rotatable bonds is 5. The van der Waals surface area contributed by atoms with Crippen LogP contribution in [0.4, 0.5) is 8.78 Å². The molecule has 0 radical (unpaired) electrons. The average Bonchev–Trinajstić information content (AvgIpc) is 2.74. The summed E-state index contributed by atoms with van der Waals surface area (Å²) < 4.78 is 27.9. The van der Waals surface area contributed by atoms with Crippen LogP contribution in [0.25, 0.3) is 0 Å². The van der Waals surface area contributed by atoms with Crippen molar-refractivity contribution >= 4 is 5.91 Å². The summed E-state index contributed by atoms with van der Waals surface area (Å²) in [5, 5.41) is 2.71. The van der Waals surface area contributed by atoms with Crippen LogP contribution in [0.5, 0.6) is 0 Å². The molecule has 1 aromatic heterocycles. The van der Waals surface area contributed by atoms with Crippen molar-refractivity contribution < 1.29 is 13.6 Å². The van der Waals surface area contributed by atoms with E-state index < -0.39 is 23.1 Å². The average molecular weight is 393 g/mol. The van der Waals surface area contributed by atoms with Crippen molar-refractivity contribution in [3.8, 4) is 0 Å². The Labute approximate surface area is 168 Å². The van der Waals surface area contributed by atoms with E-state index >= 15 is 0 Å². The second-order valence-electron chi connectivity index (χ2n) is 7.10. The molecule has 2 aromatic carbocycles. The van der Waals surface area contributed by atoms with Crippen molar-refractivity contribution in [1.29, 1.82) is 0 Å². The molecule has 4 rings (SSSR count). The number of benzene rings is 2. The van der Waals surface area contributed by atoms with Gasteiger partial charge in [0.2, 0.25) is 0 Å². The number of hydrogen-bond donors (Lipinski definition) is 1. The third kappa shape index (κ3) is 4.17. The quantitative estimate of drug-likeness (QED) is 0.715. The highest BCUT2D eigenvalue weighted by Gasteiger charge is 2.26. The van der Waals surface area contributed by atoms with Gasteiger partial charge in [-0.25, -0.2) is 8.78 Å². The third-order valence-corrected chi connectivity index (χ3v) is 5.32. The number of amides is 1. The molecule has 0 bridgehead atoms. The zero-order valence-corrected chi connectivity index (χ0v) is 15.8. The smallest absolute Gasteiger partial charge is 0.257 e. The molecule has 3 aromatic rings. The highest BCUT2D eigenvalue weighted by molar-refractivity contribution is 5.94. The lowest BCUT2D eigenvalue weighted by atomic mass is 9.97. The van der Waals surface area contributed by atoms with Gasteiger partial charge in [0.1, 0.15) is 17.2 Å². The molecule has 2 heterocycles. The monoisotopic (exact) mass is 393 g/mol. The Bertz CT molecular complexity index is 990. The number of nitrogens with zero attached hydrogens (tertiary/aromatic N) is 2. The molecule has 1 aliphatic rings. The second kappa shape index (κ2) is 8.49. The molecule has 0 unspecified atom stereocenters. The number of hydrogen-bond acceptors (Lipinski definition) is 3. The van der Waals surface area contributed by atoms with Crippen LogP contribution < -0.4 is 5.32 Å².